The van der Waals surface area contributed by atoms with Crippen molar-refractivity contribution < 1.29 is 4.42 Å². The average molecular weight is 698 g/mol. The van der Waals surface area contributed by atoms with Gasteiger partial charge >= 0.3 is 0 Å². The van der Waals surface area contributed by atoms with Gasteiger partial charge in [0.2, 0.25) is 5.82 Å². The zero-order chi connectivity index (χ0) is 34.9. The maximum atomic E-state index is 6.15. The summed E-state index contributed by atoms with van der Waals surface area (Å²) < 4.78 is 10.8. The summed E-state index contributed by atoms with van der Waals surface area (Å²) in [5, 5.41) is 4.82. The van der Waals surface area contributed by atoms with E-state index >= 15 is 0 Å². The molecule has 6 nitrogen and oxygen atoms in total. The first-order valence-corrected chi connectivity index (χ1v) is 18.3. The highest BCUT2D eigenvalue weighted by Gasteiger charge is 2.20. The first-order chi connectivity index (χ1) is 26.2. The van der Waals surface area contributed by atoms with E-state index in [0.29, 0.717) is 28.9 Å². The molecule has 0 N–H and O–H groups in total. The molecule has 11 aromatic rings. The summed E-state index contributed by atoms with van der Waals surface area (Å²) in [7, 11) is 0. The van der Waals surface area contributed by atoms with Crippen LogP contribution in [0, 0.1) is 0 Å². The molecule has 0 bridgehead atoms. The largest absolute Gasteiger partial charge is 0.434 e. The second-order valence-corrected chi connectivity index (χ2v) is 14.1. The Kier molecular flexibility index (Phi) is 6.62. The molecule has 7 heteroatoms. The second-order valence-electron chi connectivity index (χ2n) is 13.1. The van der Waals surface area contributed by atoms with Crippen molar-refractivity contribution >= 4 is 64.4 Å². The number of fused-ring (bicyclic) bond motifs is 7. The van der Waals surface area contributed by atoms with Crippen LogP contribution in [0.4, 0.5) is 0 Å². The van der Waals surface area contributed by atoms with Gasteiger partial charge in [-0.05, 0) is 59.7 Å². The number of thiophene rings is 1. The van der Waals surface area contributed by atoms with Gasteiger partial charge in [0.25, 0.3) is 5.89 Å². The molecule has 0 saturated carbocycles. The van der Waals surface area contributed by atoms with Gasteiger partial charge in [0.1, 0.15) is 5.52 Å². The van der Waals surface area contributed by atoms with Crippen molar-refractivity contribution in [1.29, 1.82) is 0 Å². The third kappa shape index (κ3) is 4.86. The van der Waals surface area contributed by atoms with E-state index in [2.05, 4.69) is 114 Å². The van der Waals surface area contributed by atoms with Gasteiger partial charge in [-0.25, -0.2) is 19.9 Å². The smallest absolute Gasteiger partial charge is 0.266 e. The fourth-order valence-electron chi connectivity index (χ4n) is 7.44. The Labute approximate surface area is 307 Å². The summed E-state index contributed by atoms with van der Waals surface area (Å²) in [6.45, 7) is 0. The Morgan fingerprint density at radius 3 is 2.04 bits per heavy atom. The molecule has 0 aliphatic heterocycles. The SMILES string of the molecule is c1ccc(-c2ccc3c(c2)c2ccccc2n3-c2ccc3c(c2)sc2c(-c4nc(-c5ccccc5)nc(-c5nc6ccccc6o5)n4)cccc23)cc1. The van der Waals surface area contributed by atoms with Crippen LogP contribution in [-0.2, 0) is 0 Å². The van der Waals surface area contributed by atoms with Crippen molar-refractivity contribution in [1.82, 2.24) is 24.5 Å². The first-order valence-electron chi connectivity index (χ1n) is 17.5. The van der Waals surface area contributed by atoms with Crippen LogP contribution in [0.2, 0.25) is 0 Å². The summed E-state index contributed by atoms with van der Waals surface area (Å²) in [6, 6.07) is 56.9. The quantitative estimate of drug-likeness (QED) is 0.179. The third-order valence-electron chi connectivity index (χ3n) is 9.91. The molecule has 0 atom stereocenters. The molecule has 0 saturated heterocycles. The molecule has 248 valence electrons. The topological polar surface area (TPSA) is 69.6 Å². The second kappa shape index (κ2) is 11.8. The molecule has 0 aliphatic carbocycles. The lowest BCUT2D eigenvalue weighted by Crippen LogP contribution is -2.00. The highest BCUT2D eigenvalue weighted by molar-refractivity contribution is 7.26. The molecule has 0 aliphatic rings. The van der Waals surface area contributed by atoms with Crippen LogP contribution in [0.15, 0.2) is 168 Å². The Hall–Kier alpha value is -6.96. The molecule has 0 amide bonds. The fraction of sp³-hybridized carbons (Fsp3) is 0. The van der Waals surface area contributed by atoms with E-state index in [1.54, 1.807) is 11.3 Å². The normalized spacial score (nSPS) is 11.8. The summed E-state index contributed by atoms with van der Waals surface area (Å²) in [5.41, 5.74) is 9.17. The van der Waals surface area contributed by atoms with Crippen LogP contribution < -0.4 is 0 Å². The van der Waals surface area contributed by atoms with Crippen LogP contribution in [-0.4, -0.2) is 24.5 Å². The molecular formula is C46H27N5OS. The molecule has 0 unspecified atom stereocenters. The first kappa shape index (κ1) is 29.7. The molecule has 53 heavy (non-hydrogen) atoms. The number of hydrogen-bond acceptors (Lipinski definition) is 6. The summed E-state index contributed by atoms with van der Waals surface area (Å²) >= 11 is 1.76. The van der Waals surface area contributed by atoms with Crippen LogP contribution in [0.25, 0.3) is 104 Å². The molecule has 0 radical (unpaired) electrons. The molecular weight excluding hydrogens is 671 g/mol. The number of nitrogens with zero attached hydrogens (tertiary/aromatic N) is 5. The number of aromatic nitrogens is 5. The summed E-state index contributed by atoms with van der Waals surface area (Å²) in [4.78, 5) is 19.6. The molecule has 4 heterocycles. The van der Waals surface area contributed by atoms with Gasteiger partial charge in [0, 0.05) is 47.8 Å². The zero-order valence-corrected chi connectivity index (χ0v) is 29.0. The highest BCUT2D eigenvalue weighted by Crippen LogP contribution is 2.42. The summed E-state index contributed by atoms with van der Waals surface area (Å²) in [6.07, 6.45) is 0. The van der Waals surface area contributed by atoms with E-state index in [9.17, 15) is 0 Å². The van der Waals surface area contributed by atoms with Crippen LogP contribution in [0.3, 0.4) is 0 Å². The third-order valence-corrected chi connectivity index (χ3v) is 11.1. The van der Waals surface area contributed by atoms with E-state index in [1.807, 2.05) is 54.6 Å². The molecule has 0 fully saturated rings. The summed E-state index contributed by atoms with van der Waals surface area (Å²) in [5.74, 6) is 1.90. The van der Waals surface area contributed by atoms with Gasteiger partial charge < -0.3 is 8.98 Å². The maximum absolute atomic E-state index is 6.15. The van der Waals surface area contributed by atoms with Crippen molar-refractivity contribution in [3.05, 3.63) is 164 Å². The average Bonchev–Trinajstić information content (AvgIpc) is 3.93. The van der Waals surface area contributed by atoms with Crippen molar-refractivity contribution in [2.24, 2.45) is 0 Å². The molecule has 0 spiro atoms. The van der Waals surface area contributed by atoms with Crippen molar-refractivity contribution in [2.45, 2.75) is 0 Å². The lowest BCUT2D eigenvalue weighted by Gasteiger charge is -2.09. The lowest BCUT2D eigenvalue weighted by atomic mass is 10.0. The predicted octanol–water partition coefficient (Wildman–Crippen LogP) is 12.1. The van der Waals surface area contributed by atoms with Crippen LogP contribution >= 0.6 is 11.3 Å². The van der Waals surface area contributed by atoms with E-state index in [-0.39, 0.29) is 0 Å². The Morgan fingerprint density at radius 1 is 0.453 bits per heavy atom. The molecule has 7 aromatic carbocycles. The van der Waals surface area contributed by atoms with Crippen LogP contribution in [0.5, 0.6) is 0 Å². The minimum Gasteiger partial charge on any atom is -0.434 e. The van der Waals surface area contributed by atoms with E-state index in [4.69, 9.17) is 24.4 Å². The lowest BCUT2D eigenvalue weighted by molar-refractivity contribution is 0.612. The van der Waals surface area contributed by atoms with Gasteiger partial charge in [-0.15, -0.1) is 11.3 Å². The van der Waals surface area contributed by atoms with Gasteiger partial charge in [0.05, 0.1) is 11.0 Å². The van der Waals surface area contributed by atoms with Crippen molar-refractivity contribution in [3.63, 3.8) is 0 Å². The monoisotopic (exact) mass is 697 g/mol. The standard InChI is InChI=1S/C46H27N5OS/c1-3-12-28(13-4-1)30-22-25-39-36(26-30)32-16-7-9-20-38(32)51(39)31-23-24-33-34-17-11-18-35(42(34)53-41(33)27-31)44-48-43(29-14-5-2-6-15-29)49-45(50-44)46-47-37-19-8-10-21-40(37)52-46/h1-27H. The number of benzene rings is 7. The predicted molar refractivity (Wildman–Crippen MR) is 216 cm³/mol. The molecule has 11 rings (SSSR count). The Balaban J connectivity index is 1.08. The fourth-order valence-corrected chi connectivity index (χ4v) is 8.68. The van der Waals surface area contributed by atoms with E-state index < -0.39 is 0 Å². The Morgan fingerprint density at radius 2 is 1.17 bits per heavy atom. The number of rotatable bonds is 5. The molecule has 4 aromatic heterocycles. The van der Waals surface area contributed by atoms with Gasteiger partial charge in [-0.3, -0.25) is 0 Å². The van der Waals surface area contributed by atoms with Crippen molar-refractivity contribution in [2.75, 3.05) is 0 Å². The van der Waals surface area contributed by atoms with Gasteiger partial charge in [0.15, 0.2) is 17.2 Å². The number of hydrogen-bond donors (Lipinski definition) is 0. The minimum absolute atomic E-state index is 0.363. The highest BCUT2D eigenvalue weighted by atomic mass is 32.1. The van der Waals surface area contributed by atoms with Crippen LogP contribution in [0.1, 0.15) is 0 Å². The number of para-hydroxylation sites is 3. The van der Waals surface area contributed by atoms with E-state index in [0.717, 1.165) is 32.4 Å². The Bertz CT molecular complexity index is 3150. The van der Waals surface area contributed by atoms with Gasteiger partial charge in [-0.2, -0.15) is 0 Å². The zero-order valence-electron chi connectivity index (χ0n) is 28.1. The van der Waals surface area contributed by atoms with E-state index in [1.165, 1.54) is 43.0 Å². The number of oxazole rings is 1. The van der Waals surface area contributed by atoms with Gasteiger partial charge in [-0.1, -0.05) is 115 Å². The minimum atomic E-state index is 0.363. The maximum Gasteiger partial charge on any atom is 0.266 e. The van der Waals surface area contributed by atoms with Crippen molar-refractivity contribution in [3.8, 4) is 51.3 Å².